The van der Waals surface area contributed by atoms with E-state index in [0.717, 1.165) is 30.9 Å². The maximum absolute atomic E-state index is 11.4. The topological polar surface area (TPSA) is 49.4 Å². The summed E-state index contributed by atoms with van der Waals surface area (Å²) in [6, 6.07) is 0.0763. The average Bonchev–Trinajstić information content (AvgIpc) is 2.58. The number of hydrogen-bond donors (Lipinski definition) is 1. The first kappa shape index (κ1) is 10.8. The molecule has 0 atom stereocenters. The molecule has 0 aromatic heterocycles. The zero-order valence-corrected chi connectivity index (χ0v) is 9.68. The molecule has 2 aliphatic rings. The van der Waals surface area contributed by atoms with Crippen LogP contribution in [-0.2, 0) is 4.79 Å². The number of hydrogen-bond acceptors (Lipinski definition) is 3. The number of carbonyl (C=O) groups excluding carboxylic acids is 2. The molecular weight excluding hydrogens is 212 g/mol. The molecule has 0 unspecified atom stereocenters. The summed E-state index contributed by atoms with van der Waals surface area (Å²) in [7, 11) is 0. The molecule has 4 nitrogen and oxygen atoms in total. The van der Waals surface area contributed by atoms with E-state index < -0.39 is 0 Å². The van der Waals surface area contributed by atoms with Gasteiger partial charge in [-0.2, -0.15) is 11.8 Å². The normalized spacial score (nSPS) is 31.9. The van der Waals surface area contributed by atoms with Crippen molar-refractivity contribution in [3.8, 4) is 0 Å². The van der Waals surface area contributed by atoms with Gasteiger partial charge in [-0.25, -0.2) is 4.79 Å². The molecule has 0 aromatic carbocycles. The second-order valence-corrected chi connectivity index (χ2v) is 5.29. The number of thioether (sulfide) groups is 1. The van der Waals surface area contributed by atoms with E-state index in [4.69, 9.17) is 0 Å². The van der Waals surface area contributed by atoms with E-state index >= 15 is 0 Å². The highest BCUT2D eigenvalue weighted by atomic mass is 32.2. The zero-order chi connectivity index (χ0) is 10.8. The summed E-state index contributed by atoms with van der Waals surface area (Å²) in [5.74, 6) is -0.160. The third kappa shape index (κ3) is 2.27. The van der Waals surface area contributed by atoms with Crippen LogP contribution in [-0.4, -0.2) is 40.9 Å². The summed E-state index contributed by atoms with van der Waals surface area (Å²) in [5.41, 5.74) is 0. The molecule has 0 spiro atoms. The van der Waals surface area contributed by atoms with Crippen LogP contribution in [0.1, 0.15) is 25.7 Å². The lowest BCUT2D eigenvalue weighted by atomic mass is 9.94. The molecule has 0 bridgehead atoms. The second-order valence-electron chi connectivity index (χ2n) is 4.15. The van der Waals surface area contributed by atoms with E-state index in [-0.39, 0.29) is 24.5 Å². The van der Waals surface area contributed by atoms with Gasteiger partial charge in [0.1, 0.15) is 6.54 Å². The van der Waals surface area contributed by atoms with Crippen molar-refractivity contribution >= 4 is 23.7 Å². The van der Waals surface area contributed by atoms with Gasteiger partial charge in [0.25, 0.3) is 0 Å². The Kier molecular flexibility index (Phi) is 3.19. The average molecular weight is 228 g/mol. The van der Waals surface area contributed by atoms with Crippen LogP contribution in [0.2, 0.25) is 0 Å². The Morgan fingerprint density at radius 3 is 2.40 bits per heavy atom. The van der Waals surface area contributed by atoms with Gasteiger partial charge in [-0.3, -0.25) is 10.1 Å². The maximum Gasteiger partial charge on any atom is 0.324 e. The highest BCUT2D eigenvalue weighted by Crippen LogP contribution is 2.30. The van der Waals surface area contributed by atoms with Gasteiger partial charge in [-0.1, -0.05) is 0 Å². The molecule has 2 fully saturated rings. The minimum Gasteiger partial charge on any atom is -0.312 e. The molecule has 1 heterocycles. The quantitative estimate of drug-likeness (QED) is 0.723. The first-order chi connectivity index (χ1) is 7.20. The summed E-state index contributed by atoms with van der Waals surface area (Å²) in [6.45, 7) is 0.257. The SMILES string of the molecule is CSC1CCC(N2CC(=O)NC2=O)CC1. The van der Waals surface area contributed by atoms with Gasteiger partial charge in [0.15, 0.2) is 0 Å². The highest BCUT2D eigenvalue weighted by molar-refractivity contribution is 7.99. The van der Waals surface area contributed by atoms with E-state index in [0.29, 0.717) is 0 Å². The van der Waals surface area contributed by atoms with Crippen molar-refractivity contribution in [1.82, 2.24) is 10.2 Å². The minimum absolute atomic E-state index is 0.160. The van der Waals surface area contributed by atoms with E-state index in [9.17, 15) is 9.59 Å². The number of nitrogens with one attached hydrogen (secondary N) is 1. The van der Waals surface area contributed by atoms with Crippen LogP contribution >= 0.6 is 11.8 Å². The maximum atomic E-state index is 11.4. The number of carbonyl (C=O) groups is 2. The van der Waals surface area contributed by atoms with Crippen molar-refractivity contribution in [2.45, 2.75) is 37.0 Å². The fourth-order valence-corrected chi connectivity index (χ4v) is 3.09. The molecule has 84 valence electrons. The van der Waals surface area contributed by atoms with Crippen molar-refractivity contribution in [3.63, 3.8) is 0 Å². The van der Waals surface area contributed by atoms with Crippen molar-refractivity contribution in [1.29, 1.82) is 0 Å². The van der Waals surface area contributed by atoms with Crippen molar-refractivity contribution in [3.05, 3.63) is 0 Å². The Bertz CT molecular complexity index is 275. The van der Waals surface area contributed by atoms with E-state index in [1.165, 1.54) is 0 Å². The Labute approximate surface area is 93.8 Å². The lowest BCUT2D eigenvalue weighted by Crippen LogP contribution is -2.40. The second kappa shape index (κ2) is 4.43. The van der Waals surface area contributed by atoms with E-state index in [1.54, 1.807) is 4.90 Å². The lowest BCUT2D eigenvalue weighted by molar-refractivity contribution is -0.118. The summed E-state index contributed by atoms with van der Waals surface area (Å²) in [5, 5.41) is 3.07. The van der Waals surface area contributed by atoms with Crippen LogP contribution in [0.15, 0.2) is 0 Å². The largest absolute Gasteiger partial charge is 0.324 e. The Morgan fingerprint density at radius 1 is 1.27 bits per heavy atom. The highest BCUT2D eigenvalue weighted by Gasteiger charge is 2.34. The Balaban J connectivity index is 1.90. The van der Waals surface area contributed by atoms with Crippen molar-refractivity contribution in [2.75, 3.05) is 12.8 Å². The smallest absolute Gasteiger partial charge is 0.312 e. The van der Waals surface area contributed by atoms with Crippen LogP contribution in [0.5, 0.6) is 0 Å². The number of rotatable bonds is 2. The molecule has 0 aromatic rings. The first-order valence-electron chi connectivity index (χ1n) is 5.34. The number of imide groups is 1. The molecule has 15 heavy (non-hydrogen) atoms. The molecule has 1 N–H and O–H groups in total. The molecule has 0 radical (unpaired) electrons. The minimum atomic E-state index is -0.201. The number of nitrogens with zero attached hydrogens (tertiary/aromatic N) is 1. The van der Waals surface area contributed by atoms with Gasteiger partial charge < -0.3 is 4.90 Å². The molecule has 5 heteroatoms. The molecule has 1 aliphatic heterocycles. The van der Waals surface area contributed by atoms with Crippen LogP contribution in [0.25, 0.3) is 0 Å². The van der Waals surface area contributed by atoms with Gasteiger partial charge in [-0.05, 0) is 31.9 Å². The summed E-state index contributed by atoms with van der Waals surface area (Å²) >= 11 is 1.91. The van der Waals surface area contributed by atoms with Gasteiger partial charge in [0.05, 0.1) is 0 Å². The molecule has 1 aliphatic carbocycles. The van der Waals surface area contributed by atoms with Crippen molar-refractivity contribution in [2.24, 2.45) is 0 Å². The van der Waals surface area contributed by atoms with Crippen LogP contribution in [0.4, 0.5) is 4.79 Å². The predicted molar refractivity (Wildman–Crippen MR) is 59.8 cm³/mol. The fraction of sp³-hybridized carbons (Fsp3) is 0.800. The van der Waals surface area contributed by atoms with Gasteiger partial charge in [0.2, 0.25) is 5.91 Å². The standard InChI is InChI=1S/C10H16N2O2S/c1-15-8-4-2-7(3-5-8)12-6-9(13)11-10(12)14/h7-8H,2-6H2,1H3,(H,11,13,14). The first-order valence-corrected chi connectivity index (χ1v) is 6.62. The molecule has 2 rings (SSSR count). The molecule has 1 saturated heterocycles. The van der Waals surface area contributed by atoms with Gasteiger partial charge >= 0.3 is 6.03 Å². The number of amides is 3. The third-order valence-corrected chi connectivity index (χ3v) is 4.38. The van der Waals surface area contributed by atoms with Gasteiger partial charge in [0, 0.05) is 11.3 Å². The molecule has 3 amide bonds. The summed E-state index contributed by atoms with van der Waals surface area (Å²) in [4.78, 5) is 24.2. The van der Waals surface area contributed by atoms with E-state index in [2.05, 4.69) is 11.6 Å². The number of urea groups is 1. The van der Waals surface area contributed by atoms with Crippen LogP contribution < -0.4 is 5.32 Å². The Hall–Kier alpha value is -0.710. The van der Waals surface area contributed by atoms with E-state index in [1.807, 2.05) is 11.8 Å². The van der Waals surface area contributed by atoms with Crippen LogP contribution in [0.3, 0.4) is 0 Å². The Morgan fingerprint density at radius 2 is 1.93 bits per heavy atom. The van der Waals surface area contributed by atoms with Gasteiger partial charge in [-0.15, -0.1) is 0 Å². The lowest BCUT2D eigenvalue weighted by Gasteiger charge is -2.32. The fourth-order valence-electron chi connectivity index (χ4n) is 2.34. The summed E-state index contributed by atoms with van der Waals surface area (Å²) < 4.78 is 0. The summed E-state index contributed by atoms with van der Waals surface area (Å²) in [6.07, 6.45) is 6.52. The third-order valence-electron chi connectivity index (χ3n) is 3.24. The van der Waals surface area contributed by atoms with Crippen LogP contribution in [0, 0.1) is 0 Å². The zero-order valence-electron chi connectivity index (χ0n) is 8.86. The monoisotopic (exact) mass is 228 g/mol. The van der Waals surface area contributed by atoms with Crippen molar-refractivity contribution < 1.29 is 9.59 Å². The molecular formula is C10H16N2O2S. The predicted octanol–water partition coefficient (Wildman–Crippen LogP) is 1.21. The molecule has 1 saturated carbocycles.